The van der Waals surface area contributed by atoms with Crippen molar-refractivity contribution in [2.24, 2.45) is 11.8 Å². The van der Waals surface area contributed by atoms with Crippen molar-refractivity contribution in [3.05, 3.63) is 0 Å². The van der Waals surface area contributed by atoms with Gasteiger partial charge in [-0.25, -0.2) is 0 Å². The highest BCUT2D eigenvalue weighted by Gasteiger charge is 2.36. The van der Waals surface area contributed by atoms with Crippen LogP contribution in [-0.2, 0) is 0 Å². The molecule has 0 fully saturated rings. The summed E-state index contributed by atoms with van der Waals surface area (Å²) in [5, 5.41) is 0. The van der Waals surface area contributed by atoms with Gasteiger partial charge >= 0.3 is 12.4 Å². The molecule has 0 nitrogen and oxygen atoms in total. The molecule has 14 heavy (non-hydrogen) atoms. The summed E-state index contributed by atoms with van der Waals surface area (Å²) in [6.45, 7) is 2.37. The lowest BCUT2D eigenvalue weighted by molar-refractivity contribution is -0.164. The minimum atomic E-state index is -4.39. The quantitative estimate of drug-likeness (QED) is 0.629. The van der Waals surface area contributed by atoms with Gasteiger partial charge in [0, 0.05) is 12.8 Å². The molecule has 0 aliphatic heterocycles. The monoisotopic (exact) mass is 222 g/mol. The molecule has 86 valence electrons. The molecule has 0 saturated heterocycles. The van der Waals surface area contributed by atoms with Crippen molar-refractivity contribution in [1.29, 1.82) is 0 Å². The molecule has 0 aromatic heterocycles. The van der Waals surface area contributed by atoms with E-state index in [4.69, 9.17) is 0 Å². The van der Waals surface area contributed by atoms with Crippen LogP contribution in [0.3, 0.4) is 0 Å². The Morgan fingerprint density at radius 2 is 0.929 bits per heavy atom. The first-order valence-corrected chi connectivity index (χ1v) is 4.15. The van der Waals surface area contributed by atoms with Crippen LogP contribution >= 0.6 is 0 Å². The Balaban J connectivity index is 4.07. The summed E-state index contributed by atoms with van der Waals surface area (Å²) in [6, 6.07) is 0. The summed E-state index contributed by atoms with van der Waals surface area (Å²) in [5.74, 6) is -2.01. The first kappa shape index (κ1) is 13.6. The van der Waals surface area contributed by atoms with Crippen molar-refractivity contribution in [1.82, 2.24) is 0 Å². The zero-order valence-electron chi connectivity index (χ0n) is 7.84. The van der Waals surface area contributed by atoms with Crippen LogP contribution < -0.4 is 0 Å². The molecule has 2 unspecified atom stereocenters. The normalized spacial score (nSPS) is 18.0. The Morgan fingerprint density at radius 1 is 0.714 bits per heavy atom. The minimum absolute atomic E-state index is 1.00. The molecule has 0 aromatic rings. The van der Waals surface area contributed by atoms with Crippen LogP contribution in [0.5, 0.6) is 0 Å². The van der Waals surface area contributed by atoms with Crippen molar-refractivity contribution in [3.8, 4) is 0 Å². The molecule has 0 N–H and O–H groups in total. The largest absolute Gasteiger partial charge is 0.389 e. The van der Waals surface area contributed by atoms with E-state index in [-0.39, 0.29) is 0 Å². The van der Waals surface area contributed by atoms with Crippen molar-refractivity contribution in [3.63, 3.8) is 0 Å². The number of hydrogen-bond acceptors (Lipinski definition) is 0. The molecule has 0 heterocycles. The molecular formula is C8H12F6. The van der Waals surface area contributed by atoms with E-state index in [1.807, 2.05) is 0 Å². The minimum Gasteiger partial charge on any atom is -0.171 e. The van der Waals surface area contributed by atoms with E-state index in [2.05, 4.69) is 0 Å². The predicted molar refractivity (Wildman–Crippen MR) is 39.7 cm³/mol. The Morgan fingerprint density at radius 3 is 1.07 bits per heavy atom. The van der Waals surface area contributed by atoms with Gasteiger partial charge in [-0.05, 0) is 11.8 Å². The summed E-state index contributed by atoms with van der Waals surface area (Å²) >= 11 is 0. The third kappa shape index (κ3) is 7.03. The van der Waals surface area contributed by atoms with Crippen molar-refractivity contribution >= 4 is 0 Å². The maximum absolute atomic E-state index is 11.8. The zero-order valence-corrected chi connectivity index (χ0v) is 7.84. The van der Waals surface area contributed by atoms with Crippen LogP contribution in [0.2, 0.25) is 0 Å². The second kappa shape index (κ2) is 4.40. The van der Waals surface area contributed by atoms with Gasteiger partial charge in [0.25, 0.3) is 0 Å². The maximum atomic E-state index is 11.8. The molecule has 0 spiro atoms. The molecule has 0 saturated carbocycles. The first-order valence-electron chi connectivity index (χ1n) is 4.15. The van der Waals surface area contributed by atoms with Crippen LogP contribution in [0.25, 0.3) is 0 Å². The first-order chi connectivity index (χ1) is 6.01. The Hall–Kier alpha value is -0.420. The summed E-state index contributed by atoms with van der Waals surface area (Å²) in [6.07, 6.45) is -11.1. The highest BCUT2D eigenvalue weighted by Crippen LogP contribution is 2.34. The molecular weight excluding hydrogens is 210 g/mol. The SMILES string of the molecule is CC(CC(F)(F)F)C(C)CC(F)(F)F. The summed E-state index contributed by atoms with van der Waals surface area (Å²) in [5.41, 5.74) is 0. The van der Waals surface area contributed by atoms with E-state index in [0.717, 1.165) is 0 Å². The topological polar surface area (TPSA) is 0 Å². The second-order valence-electron chi connectivity index (χ2n) is 3.59. The van der Waals surface area contributed by atoms with Gasteiger partial charge in [-0.2, -0.15) is 26.3 Å². The van der Waals surface area contributed by atoms with Gasteiger partial charge in [-0.15, -0.1) is 0 Å². The smallest absolute Gasteiger partial charge is 0.171 e. The fourth-order valence-corrected chi connectivity index (χ4v) is 1.13. The van der Waals surface area contributed by atoms with E-state index in [1.165, 1.54) is 13.8 Å². The maximum Gasteiger partial charge on any atom is 0.389 e. The van der Waals surface area contributed by atoms with Gasteiger partial charge in [-0.3, -0.25) is 0 Å². The molecule has 2 atom stereocenters. The molecule has 0 amide bonds. The summed E-state index contributed by atoms with van der Waals surface area (Å²) in [7, 11) is 0. The highest BCUT2D eigenvalue weighted by molar-refractivity contribution is 4.69. The average Bonchev–Trinajstić information content (AvgIpc) is 1.78. The van der Waals surface area contributed by atoms with Crippen molar-refractivity contribution in [2.75, 3.05) is 0 Å². The van der Waals surface area contributed by atoms with Gasteiger partial charge in [-0.1, -0.05) is 13.8 Å². The average molecular weight is 222 g/mol. The lowest BCUT2D eigenvalue weighted by Gasteiger charge is -2.22. The fraction of sp³-hybridized carbons (Fsp3) is 1.00. The summed E-state index contributed by atoms with van der Waals surface area (Å²) < 4.78 is 70.9. The number of alkyl halides is 6. The van der Waals surface area contributed by atoms with Gasteiger partial charge < -0.3 is 0 Å². The Kier molecular flexibility index (Phi) is 4.27. The van der Waals surface area contributed by atoms with E-state index >= 15 is 0 Å². The van der Waals surface area contributed by atoms with Gasteiger partial charge in [0.1, 0.15) is 0 Å². The molecule has 0 aliphatic carbocycles. The highest BCUT2D eigenvalue weighted by atomic mass is 19.4. The molecule has 6 heteroatoms. The number of rotatable bonds is 3. The third-order valence-electron chi connectivity index (χ3n) is 2.08. The number of hydrogen-bond donors (Lipinski definition) is 0. The van der Waals surface area contributed by atoms with Crippen molar-refractivity contribution in [2.45, 2.75) is 39.0 Å². The van der Waals surface area contributed by atoms with Crippen molar-refractivity contribution < 1.29 is 26.3 Å². The van der Waals surface area contributed by atoms with E-state index in [0.29, 0.717) is 0 Å². The number of halogens is 6. The lowest BCUT2D eigenvalue weighted by atomic mass is 9.90. The molecule has 0 radical (unpaired) electrons. The molecule has 0 rings (SSSR count). The third-order valence-corrected chi connectivity index (χ3v) is 2.08. The van der Waals surface area contributed by atoms with Crippen LogP contribution in [0.1, 0.15) is 26.7 Å². The summed E-state index contributed by atoms with van der Waals surface area (Å²) in [4.78, 5) is 0. The molecule has 0 aromatic carbocycles. The van der Waals surface area contributed by atoms with Crippen LogP contribution in [-0.4, -0.2) is 12.4 Å². The Bertz CT molecular complexity index is 148. The van der Waals surface area contributed by atoms with Crippen LogP contribution in [0.4, 0.5) is 26.3 Å². The van der Waals surface area contributed by atoms with Crippen LogP contribution in [0, 0.1) is 11.8 Å². The van der Waals surface area contributed by atoms with E-state index in [9.17, 15) is 26.3 Å². The van der Waals surface area contributed by atoms with E-state index < -0.39 is 37.0 Å². The van der Waals surface area contributed by atoms with Gasteiger partial charge in [0.2, 0.25) is 0 Å². The molecule has 0 aliphatic rings. The zero-order chi connectivity index (χ0) is 11.6. The standard InChI is InChI=1S/C8H12F6/c1-5(3-7(9,10)11)6(2)4-8(12,13)14/h5-6H,3-4H2,1-2H3. The molecule has 0 bridgehead atoms. The fourth-order valence-electron chi connectivity index (χ4n) is 1.13. The van der Waals surface area contributed by atoms with Gasteiger partial charge in [0.15, 0.2) is 0 Å². The lowest BCUT2D eigenvalue weighted by Crippen LogP contribution is -2.22. The van der Waals surface area contributed by atoms with Gasteiger partial charge in [0.05, 0.1) is 0 Å². The Labute approximate surface area is 78.3 Å². The van der Waals surface area contributed by atoms with Crippen LogP contribution in [0.15, 0.2) is 0 Å². The second-order valence-corrected chi connectivity index (χ2v) is 3.59. The predicted octanol–water partition coefficient (Wildman–Crippen LogP) is 4.16. The van der Waals surface area contributed by atoms with E-state index in [1.54, 1.807) is 0 Å².